The normalized spacial score (nSPS) is 12.2. The summed E-state index contributed by atoms with van der Waals surface area (Å²) in [6.07, 6.45) is -0.265. The molecule has 4 rings (SSSR count). The van der Waals surface area contributed by atoms with Crippen LogP contribution >= 0.6 is 11.6 Å². The summed E-state index contributed by atoms with van der Waals surface area (Å²) >= 11 is 5.91. The van der Waals surface area contributed by atoms with Crippen LogP contribution < -0.4 is 9.47 Å². The van der Waals surface area contributed by atoms with Crippen molar-refractivity contribution < 1.29 is 27.9 Å². The predicted octanol–water partition coefficient (Wildman–Crippen LogP) is 4.15. The fourth-order valence-electron chi connectivity index (χ4n) is 2.62. The number of fused-ring (bicyclic) bond motifs is 1. The van der Waals surface area contributed by atoms with E-state index in [0.29, 0.717) is 23.0 Å². The molecule has 2 heterocycles. The van der Waals surface area contributed by atoms with Gasteiger partial charge in [-0.15, -0.1) is 0 Å². The lowest BCUT2D eigenvalue weighted by molar-refractivity contribution is -0.144. The predicted molar refractivity (Wildman–Crippen MR) is 93.0 cm³/mol. The fourth-order valence-corrected chi connectivity index (χ4v) is 2.85. The van der Waals surface area contributed by atoms with Crippen LogP contribution in [0.1, 0.15) is 11.3 Å². The standard InChI is InChI=1S/C19H13ClFNO5/c20-14-2-1-3-15(21)13(14)8-19(23)24-9-12-7-17(27-22-12)11-4-5-16-18(6-11)26-10-25-16/h1-7H,8-10H2. The Morgan fingerprint density at radius 3 is 2.89 bits per heavy atom. The molecule has 0 N–H and O–H groups in total. The molecule has 0 saturated carbocycles. The molecule has 6 nitrogen and oxygen atoms in total. The zero-order valence-corrected chi connectivity index (χ0v) is 14.7. The van der Waals surface area contributed by atoms with Gasteiger partial charge in [-0.05, 0) is 30.3 Å². The second-order valence-electron chi connectivity index (χ2n) is 5.79. The van der Waals surface area contributed by atoms with E-state index in [0.717, 1.165) is 5.56 Å². The van der Waals surface area contributed by atoms with Crippen molar-refractivity contribution in [2.45, 2.75) is 13.0 Å². The first-order valence-corrected chi connectivity index (χ1v) is 8.42. The van der Waals surface area contributed by atoms with Gasteiger partial charge in [0.1, 0.15) is 18.1 Å². The van der Waals surface area contributed by atoms with E-state index in [1.807, 2.05) is 6.07 Å². The number of ether oxygens (including phenoxy) is 3. The Kier molecular flexibility index (Phi) is 4.68. The van der Waals surface area contributed by atoms with Crippen LogP contribution in [0.4, 0.5) is 4.39 Å². The van der Waals surface area contributed by atoms with Gasteiger partial charge in [0.15, 0.2) is 17.3 Å². The molecule has 0 fully saturated rings. The summed E-state index contributed by atoms with van der Waals surface area (Å²) in [7, 11) is 0. The zero-order chi connectivity index (χ0) is 18.8. The molecule has 27 heavy (non-hydrogen) atoms. The number of carbonyl (C=O) groups excluding carboxylic acids is 1. The second-order valence-corrected chi connectivity index (χ2v) is 6.20. The average molecular weight is 390 g/mol. The first-order chi connectivity index (χ1) is 13.1. The summed E-state index contributed by atoms with van der Waals surface area (Å²) in [5.41, 5.74) is 1.28. The average Bonchev–Trinajstić information content (AvgIpc) is 3.31. The number of hydrogen-bond donors (Lipinski definition) is 0. The number of halogens is 2. The SMILES string of the molecule is O=C(Cc1c(F)cccc1Cl)OCc1cc(-c2ccc3c(c2)OCO3)on1. The van der Waals surface area contributed by atoms with E-state index in [2.05, 4.69) is 5.16 Å². The van der Waals surface area contributed by atoms with Crippen LogP contribution in [-0.2, 0) is 22.6 Å². The van der Waals surface area contributed by atoms with Crippen LogP contribution in [-0.4, -0.2) is 17.9 Å². The molecule has 0 saturated heterocycles. The molecule has 138 valence electrons. The van der Waals surface area contributed by atoms with E-state index in [1.165, 1.54) is 18.2 Å². The van der Waals surface area contributed by atoms with Gasteiger partial charge < -0.3 is 18.7 Å². The maximum absolute atomic E-state index is 13.7. The zero-order valence-electron chi connectivity index (χ0n) is 13.9. The minimum Gasteiger partial charge on any atom is -0.459 e. The molecule has 0 radical (unpaired) electrons. The maximum atomic E-state index is 13.7. The van der Waals surface area contributed by atoms with Crippen LogP contribution in [0.25, 0.3) is 11.3 Å². The Bertz CT molecular complexity index is 983. The molecule has 0 atom stereocenters. The summed E-state index contributed by atoms with van der Waals surface area (Å²) in [6.45, 7) is 0.0847. The van der Waals surface area contributed by atoms with Crippen molar-refractivity contribution in [1.82, 2.24) is 5.16 Å². The fraction of sp³-hybridized carbons (Fsp3) is 0.158. The van der Waals surface area contributed by atoms with E-state index in [9.17, 15) is 9.18 Å². The van der Waals surface area contributed by atoms with Gasteiger partial charge in [0, 0.05) is 22.2 Å². The Hall–Kier alpha value is -3.06. The van der Waals surface area contributed by atoms with Crippen LogP contribution in [0, 0.1) is 5.82 Å². The lowest BCUT2D eigenvalue weighted by Gasteiger charge is -2.05. The lowest BCUT2D eigenvalue weighted by Crippen LogP contribution is -2.09. The minimum atomic E-state index is -0.616. The Balaban J connectivity index is 1.39. The number of carbonyl (C=O) groups is 1. The molecule has 0 unspecified atom stereocenters. The van der Waals surface area contributed by atoms with Crippen molar-refractivity contribution in [3.8, 4) is 22.8 Å². The Morgan fingerprint density at radius 2 is 2.04 bits per heavy atom. The minimum absolute atomic E-state index is 0.0983. The lowest BCUT2D eigenvalue weighted by atomic mass is 10.1. The third kappa shape index (κ3) is 3.73. The highest BCUT2D eigenvalue weighted by molar-refractivity contribution is 6.31. The highest BCUT2D eigenvalue weighted by Crippen LogP contribution is 2.36. The van der Waals surface area contributed by atoms with Crippen LogP contribution in [0.5, 0.6) is 11.5 Å². The second kappa shape index (κ2) is 7.28. The first kappa shape index (κ1) is 17.4. The quantitative estimate of drug-likeness (QED) is 0.610. The Labute approximate surface area is 158 Å². The monoisotopic (exact) mass is 389 g/mol. The third-order valence-corrected chi connectivity index (χ3v) is 4.33. The summed E-state index contributed by atoms with van der Waals surface area (Å²) < 4.78 is 34.7. The van der Waals surface area contributed by atoms with Gasteiger partial charge in [-0.3, -0.25) is 4.79 Å². The maximum Gasteiger partial charge on any atom is 0.310 e. The van der Waals surface area contributed by atoms with E-state index >= 15 is 0 Å². The molecule has 0 bridgehead atoms. The van der Waals surface area contributed by atoms with E-state index < -0.39 is 11.8 Å². The number of rotatable bonds is 5. The van der Waals surface area contributed by atoms with Crippen molar-refractivity contribution in [2.24, 2.45) is 0 Å². The molecule has 3 aromatic rings. The molecule has 0 aliphatic carbocycles. The summed E-state index contributed by atoms with van der Waals surface area (Å²) in [4.78, 5) is 12.0. The van der Waals surface area contributed by atoms with Gasteiger partial charge in [-0.2, -0.15) is 0 Å². The summed E-state index contributed by atoms with van der Waals surface area (Å²) in [6, 6.07) is 11.2. The molecular weight excluding hydrogens is 377 g/mol. The molecular formula is C19H13ClFNO5. The van der Waals surface area contributed by atoms with Gasteiger partial charge >= 0.3 is 5.97 Å². The molecule has 0 spiro atoms. The summed E-state index contributed by atoms with van der Waals surface area (Å²) in [5.74, 6) is 0.620. The van der Waals surface area contributed by atoms with Crippen molar-refractivity contribution in [3.63, 3.8) is 0 Å². The van der Waals surface area contributed by atoms with E-state index in [1.54, 1.807) is 18.2 Å². The Morgan fingerprint density at radius 1 is 1.19 bits per heavy atom. The highest BCUT2D eigenvalue weighted by atomic mass is 35.5. The van der Waals surface area contributed by atoms with Crippen molar-refractivity contribution in [1.29, 1.82) is 0 Å². The van der Waals surface area contributed by atoms with Gasteiger partial charge in [0.2, 0.25) is 6.79 Å². The molecule has 1 aromatic heterocycles. The van der Waals surface area contributed by atoms with Gasteiger partial charge in [-0.25, -0.2) is 4.39 Å². The number of benzene rings is 2. The van der Waals surface area contributed by atoms with Crippen molar-refractivity contribution in [2.75, 3.05) is 6.79 Å². The van der Waals surface area contributed by atoms with Crippen LogP contribution in [0.2, 0.25) is 5.02 Å². The van der Waals surface area contributed by atoms with Crippen LogP contribution in [0.3, 0.4) is 0 Å². The summed E-state index contributed by atoms with van der Waals surface area (Å²) in [5, 5.41) is 4.05. The molecule has 2 aromatic carbocycles. The van der Waals surface area contributed by atoms with Gasteiger partial charge in [-0.1, -0.05) is 22.8 Å². The van der Waals surface area contributed by atoms with Gasteiger partial charge in [0.25, 0.3) is 0 Å². The van der Waals surface area contributed by atoms with E-state index in [4.69, 9.17) is 30.3 Å². The van der Waals surface area contributed by atoms with Crippen LogP contribution in [0.15, 0.2) is 47.0 Å². The van der Waals surface area contributed by atoms with Crippen molar-refractivity contribution >= 4 is 17.6 Å². The smallest absolute Gasteiger partial charge is 0.310 e. The van der Waals surface area contributed by atoms with E-state index in [-0.39, 0.29) is 30.4 Å². The van der Waals surface area contributed by atoms with Crippen molar-refractivity contribution in [3.05, 3.63) is 64.6 Å². The number of esters is 1. The first-order valence-electron chi connectivity index (χ1n) is 8.04. The largest absolute Gasteiger partial charge is 0.459 e. The molecule has 1 aliphatic heterocycles. The number of hydrogen-bond acceptors (Lipinski definition) is 6. The molecule has 1 aliphatic rings. The number of aromatic nitrogens is 1. The molecule has 0 amide bonds. The molecule has 8 heteroatoms. The van der Waals surface area contributed by atoms with Gasteiger partial charge in [0.05, 0.1) is 6.42 Å². The number of nitrogens with zero attached hydrogens (tertiary/aromatic N) is 1. The highest BCUT2D eigenvalue weighted by Gasteiger charge is 2.17. The third-order valence-electron chi connectivity index (χ3n) is 3.98. The topological polar surface area (TPSA) is 70.8 Å².